The lowest BCUT2D eigenvalue weighted by atomic mass is 10.0. The molecule has 0 saturated carbocycles. The van der Waals surface area contributed by atoms with Crippen LogP contribution in [0.2, 0.25) is 0 Å². The number of benzene rings is 1. The van der Waals surface area contributed by atoms with Crippen molar-refractivity contribution in [1.29, 1.82) is 0 Å². The second-order valence-electron chi connectivity index (χ2n) is 2.63. The average molecular weight is 160 g/mol. The molecule has 1 aromatic rings. The Morgan fingerprint density at radius 3 is 2.50 bits per heavy atom. The Kier molecular flexibility index (Phi) is 1.48. The van der Waals surface area contributed by atoms with Crippen LogP contribution in [0, 0.1) is 0 Å². The highest BCUT2D eigenvalue weighted by Gasteiger charge is 2.27. The van der Waals surface area contributed by atoms with Crippen molar-refractivity contribution < 1.29 is 0 Å². The number of nitrogens with two attached hydrogens (primary N) is 1. The van der Waals surface area contributed by atoms with Gasteiger partial charge in [0.05, 0.1) is 6.21 Å². The van der Waals surface area contributed by atoms with Gasteiger partial charge in [-0.15, -0.1) is 10.2 Å². The van der Waals surface area contributed by atoms with Crippen LogP contribution in [0.3, 0.4) is 0 Å². The molecule has 4 nitrogen and oxygen atoms in total. The largest absolute Gasteiger partial charge is 0.297 e. The van der Waals surface area contributed by atoms with Crippen molar-refractivity contribution in [2.24, 2.45) is 21.2 Å². The lowest BCUT2D eigenvalue weighted by Crippen LogP contribution is -2.34. The van der Waals surface area contributed by atoms with Crippen LogP contribution >= 0.6 is 0 Å². The fourth-order valence-corrected chi connectivity index (χ4v) is 1.08. The van der Waals surface area contributed by atoms with E-state index >= 15 is 0 Å². The summed E-state index contributed by atoms with van der Waals surface area (Å²) in [5.41, 5.74) is 5.92. The van der Waals surface area contributed by atoms with Crippen LogP contribution in [-0.4, -0.2) is 6.21 Å². The van der Waals surface area contributed by atoms with E-state index in [2.05, 4.69) is 15.4 Å². The second-order valence-corrected chi connectivity index (χ2v) is 2.63. The van der Waals surface area contributed by atoms with Crippen LogP contribution in [0.1, 0.15) is 5.56 Å². The van der Waals surface area contributed by atoms with Crippen molar-refractivity contribution >= 4 is 6.21 Å². The van der Waals surface area contributed by atoms with E-state index < -0.39 is 5.66 Å². The second kappa shape index (κ2) is 2.49. The van der Waals surface area contributed by atoms with Crippen molar-refractivity contribution in [3.05, 3.63) is 35.9 Å². The molecule has 0 bridgehead atoms. The van der Waals surface area contributed by atoms with Gasteiger partial charge in [0.25, 0.3) is 0 Å². The quantitative estimate of drug-likeness (QED) is 0.660. The summed E-state index contributed by atoms with van der Waals surface area (Å²) in [7, 11) is 0. The Morgan fingerprint density at radius 2 is 1.92 bits per heavy atom. The average Bonchev–Trinajstić information content (AvgIpc) is 2.55. The predicted octanol–water partition coefficient (Wildman–Crippen LogP) is 1.25. The van der Waals surface area contributed by atoms with Crippen molar-refractivity contribution in [2.75, 3.05) is 0 Å². The topological polar surface area (TPSA) is 63.1 Å². The van der Waals surface area contributed by atoms with Gasteiger partial charge in [0.1, 0.15) is 0 Å². The number of rotatable bonds is 1. The number of nitrogens with zero attached hydrogens (tertiary/aromatic N) is 3. The van der Waals surface area contributed by atoms with Gasteiger partial charge in [-0.05, 0) is 5.22 Å². The van der Waals surface area contributed by atoms with E-state index in [-0.39, 0.29) is 0 Å². The van der Waals surface area contributed by atoms with E-state index in [1.54, 1.807) is 0 Å². The third-order valence-electron chi connectivity index (χ3n) is 1.75. The zero-order chi connectivity index (χ0) is 8.44. The van der Waals surface area contributed by atoms with Gasteiger partial charge in [-0.25, -0.2) is 0 Å². The molecule has 1 aliphatic heterocycles. The molecule has 0 aliphatic carbocycles. The molecule has 1 atom stereocenters. The Balaban J connectivity index is 2.43. The highest BCUT2D eigenvalue weighted by Crippen LogP contribution is 2.21. The van der Waals surface area contributed by atoms with Gasteiger partial charge >= 0.3 is 0 Å². The third kappa shape index (κ3) is 1.02. The predicted molar refractivity (Wildman–Crippen MR) is 45.7 cm³/mol. The molecule has 4 heteroatoms. The molecule has 12 heavy (non-hydrogen) atoms. The van der Waals surface area contributed by atoms with Gasteiger partial charge in [-0.3, -0.25) is 5.73 Å². The summed E-state index contributed by atoms with van der Waals surface area (Å²) in [6.07, 6.45) is 1.53. The molecule has 0 saturated heterocycles. The normalized spacial score (nSPS) is 26.4. The SMILES string of the molecule is NC1(c2ccccc2)C=NN=N1. The number of hydrogen-bond donors (Lipinski definition) is 1. The van der Waals surface area contributed by atoms with E-state index in [1.165, 1.54) is 6.21 Å². The molecule has 60 valence electrons. The summed E-state index contributed by atoms with van der Waals surface area (Å²) >= 11 is 0. The first kappa shape index (κ1) is 7.12. The van der Waals surface area contributed by atoms with Crippen LogP contribution in [0.25, 0.3) is 0 Å². The van der Waals surface area contributed by atoms with Crippen LogP contribution in [0.4, 0.5) is 0 Å². The fourth-order valence-electron chi connectivity index (χ4n) is 1.08. The zero-order valence-corrected chi connectivity index (χ0v) is 6.38. The Bertz CT molecular complexity index is 316. The van der Waals surface area contributed by atoms with Gasteiger partial charge < -0.3 is 0 Å². The molecule has 0 aromatic heterocycles. The maximum absolute atomic E-state index is 5.87. The van der Waals surface area contributed by atoms with E-state index in [0.29, 0.717) is 0 Å². The van der Waals surface area contributed by atoms with Crippen molar-refractivity contribution in [3.8, 4) is 0 Å². The Hall–Kier alpha value is -1.55. The molecule has 1 aliphatic rings. The molecule has 1 unspecified atom stereocenters. The molecule has 0 fully saturated rings. The number of hydrogen-bond acceptors (Lipinski definition) is 4. The first-order valence-electron chi connectivity index (χ1n) is 3.62. The van der Waals surface area contributed by atoms with Crippen LogP contribution in [0.5, 0.6) is 0 Å². The molecule has 2 rings (SSSR count). The molecule has 2 N–H and O–H groups in total. The van der Waals surface area contributed by atoms with Gasteiger partial charge in [0, 0.05) is 5.56 Å². The minimum Gasteiger partial charge on any atom is -0.297 e. The summed E-state index contributed by atoms with van der Waals surface area (Å²) in [5, 5.41) is 10.9. The standard InChI is InChI=1S/C8H8N4/c9-8(6-10-12-11-8)7-4-2-1-3-5-7/h1-6H,9H2. The van der Waals surface area contributed by atoms with Gasteiger partial charge in [-0.1, -0.05) is 30.3 Å². The molecular weight excluding hydrogens is 152 g/mol. The van der Waals surface area contributed by atoms with Gasteiger partial charge in [-0.2, -0.15) is 0 Å². The van der Waals surface area contributed by atoms with Crippen molar-refractivity contribution in [3.63, 3.8) is 0 Å². The third-order valence-corrected chi connectivity index (χ3v) is 1.75. The fraction of sp³-hybridized carbons (Fsp3) is 0.125. The van der Waals surface area contributed by atoms with Crippen molar-refractivity contribution in [1.82, 2.24) is 0 Å². The molecule has 0 spiro atoms. The highest BCUT2D eigenvalue weighted by atomic mass is 15.4. The summed E-state index contributed by atoms with van der Waals surface area (Å²) in [5.74, 6) is 0. The lowest BCUT2D eigenvalue weighted by Gasteiger charge is -2.14. The molecule has 0 radical (unpaired) electrons. The molecule has 0 amide bonds. The minimum atomic E-state index is -0.846. The van der Waals surface area contributed by atoms with E-state index in [0.717, 1.165) is 5.56 Å². The summed E-state index contributed by atoms with van der Waals surface area (Å²) < 4.78 is 0. The minimum absolute atomic E-state index is 0.846. The monoisotopic (exact) mass is 160 g/mol. The van der Waals surface area contributed by atoms with Crippen molar-refractivity contribution in [2.45, 2.75) is 5.66 Å². The molecule has 1 aromatic carbocycles. The first-order valence-corrected chi connectivity index (χ1v) is 3.62. The Labute approximate surface area is 69.8 Å². The van der Waals surface area contributed by atoms with Gasteiger partial charge in [0.2, 0.25) is 0 Å². The maximum atomic E-state index is 5.87. The van der Waals surface area contributed by atoms with Crippen LogP contribution < -0.4 is 5.73 Å². The summed E-state index contributed by atoms with van der Waals surface area (Å²) in [4.78, 5) is 0. The molecular formula is C8H8N4. The van der Waals surface area contributed by atoms with Crippen LogP contribution in [0.15, 0.2) is 45.8 Å². The van der Waals surface area contributed by atoms with E-state index in [9.17, 15) is 0 Å². The lowest BCUT2D eigenvalue weighted by molar-refractivity contribution is 0.635. The van der Waals surface area contributed by atoms with E-state index in [1.807, 2.05) is 30.3 Å². The first-order chi connectivity index (χ1) is 5.81. The smallest absolute Gasteiger partial charge is 0.194 e. The maximum Gasteiger partial charge on any atom is 0.194 e. The van der Waals surface area contributed by atoms with Gasteiger partial charge in [0.15, 0.2) is 5.66 Å². The zero-order valence-electron chi connectivity index (χ0n) is 6.38. The molecule has 1 heterocycles. The summed E-state index contributed by atoms with van der Waals surface area (Å²) in [6.45, 7) is 0. The highest BCUT2D eigenvalue weighted by molar-refractivity contribution is 5.72. The summed E-state index contributed by atoms with van der Waals surface area (Å²) in [6, 6.07) is 9.54. The Morgan fingerprint density at radius 1 is 1.17 bits per heavy atom. The van der Waals surface area contributed by atoms with E-state index in [4.69, 9.17) is 5.73 Å². The van der Waals surface area contributed by atoms with Crippen LogP contribution in [-0.2, 0) is 5.66 Å².